The average Bonchev–Trinajstić information content (AvgIpc) is 3.14. The van der Waals surface area contributed by atoms with Crippen molar-refractivity contribution in [3.05, 3.63) is 53.5 Å². The summed E-state index contributed by atoms with van der Waals surface area (Å²) in [6.07, 6.45) is 6.02. The third kappa shape index (κ3) is 2.30. The maximum absolute atomic E-state index is 11.0. The molecule has 0 aliphatic heterocycles. The number of rotatable bonds is 3. The monoisotopic (exact) mass is 320 g/mol. The van der Waals surface area contributed by atoms with Crippen molar-refractivity contribution in [3.63, 3.8) is 0 Å². The summed E-state index contributed by atoms with van der Waals surface area (Å²) in [5.74, 6) is -0.202. The van der Waals surface area contributed by atoms with Crippen LogP contribution >= 0.6 is 0 Å². The number of carbonyl (C=O) groups excluding carboxylic acids is 1. The molecule has 1 aliphatic rings. The zero-order chi connectivity index (χ0) is 16.7. The van der Waals surface area contributed by atoms with Crippen LogP contribution in [0.2, 0.25) is 0 Å². The second kappa shape index (κ2) is 5.45. The first-order valence-corrected chi connectivity index (χ1v) is 7.66. The molecule has 120 valence electrons. The lowest BCUT2D eigenvalue weighted by Gasteiger charge is -2.10. The highest BCUT2D eigenvalue weighted by molar-refractivity contribution is 5.97. The van der Waals surface area contributed by atoms with Crippen molar-refractivity contribution >= 4 is 28.8 Å². The zero-order valence-corrected chi connectivity index (χ0v) is 12.9. The molecule has 7 heteroatoms. The number of hydrogen-bond donors (Lipinski definition) is 2. The lowest BCUT2D eigenvalue weighted by atomic mass is 10.1. The number of aromatic nitrogens is 4. The van der Waals surface area contributed by atoms with Crippen LogP contribution in [0.3, 0.4) is 0 Å². The van der Waals surface area contributed by atoms with Crippen molar-refractivity contribution in [3.8, 4) is 0 Å². The molecule has 0 bridgehead atoms. The summed E-state index contributed by atoms with van der Waals surface area (Å²) >= 11 is 0. The molecule has 4 N–H and O–H groups in total. The third-order valence-electron chi connectivity index (χ3n) is 4.33. The normalized spacial score (nSPS) is 14.5. The molecule has 0 saturated heterocycles. The molecule has 1 amide bonds. The van der Waals surface area contributed by atoms with Gasteiger partial charge in [0.15, 0.2) is 5.65 Å². The van der Waals surface area contributed by atoms with Crippen LogP contribution < -0.4 is 11.5 Å². The molecule has 7 nitrogen and oxygen atoms in total. The zero-order valence-electron chi connectivity index (χ0n) is 12.9. The van der Waals surface area contributed by atoms with Crippen LogP contribution in [-0.2, 0) is 17.6 Å². The van der Waals surface area contributed by atoms with Crippen molar-refractivity contribution in [2.45, 2.75) is 18.9 Å². The van der Waals surface area contributed by atoms with Gasteiger partial charge in [-0.2, -0.15) is 5.10 Å². The van der Waals surface area contributed by atoms with E-state index in [1.807, 2.05) is 16.8 Å². The second-order valence-electron chi connectivity index (χ2n) is 5.85. The van der Waals surface area contributed by atoms with E-state index < -0.39 is 5.91 Å². The van der Waals surface area contributed by atoms with Crippen LogP contribution in [0.5, 0.6) is 0 Å². The van der Waals surface area contributed by atoms with E-state index in [-0.39, 0.29) is 6.04 Å². The molecule has 0 saturated carbocycles. The molecule has 2 heterocycles. The van der Waals surface area contributed by atoms with Gasteiger partial charge in [-0.1, -0.05) is 24.3 Å². The minimum Gasteiger partial charge on any atom is -0.383 e. The van der Waals surface area contributed by atoms with E-state index in [0.29, 0.717) is 22.5 Å². The van der Waals surface area contributed by atoms with Crippen molar-refractivity contribution in [2.75, 3.05) is 5.73 Å². The number of fused-ring (bicyclic) bond motifs is 2. The number of nitrogens with zero attached hydrogens (tertiary/aromatic N) is 4. The minimum absolute atomic E-state index is 0.162. The summed E-state index contributed by atoms with van der Waals surface area (Å²) in [6, 6.07) is 8.53. The Morgan fingerprint density at radius 1 is 1.21 bits per heavy atom. The predicted octanol–water partition coefficient (Wildman–Crippen LogP) is 1.25. The smallest absolute Gasteiger partial charge is 0.241 e. The average molecular weight is 320 g/mol. The van der Waals surface area contributed by atoms with E-state index in [1.165, 1.54) is 23.5 Å². The maximum Gasteiger partial charge on any atom is 0.241 e. The van der Waals surface area contributed by atoms with Crippen LogP contribution in [0, 0.1) is 0 Å². The Hall–Kier alpha value is -3.22. The summed E-state index contributed by atoms with van der Waals surface area (Å²) in [5.41, 5.74) is 15.1. The summed E-state index contributed by atoms with van der Waals surface area (Å²) in [6.45, 7) is 0. The summed E-state index contributed by atoms with van der Waals surface area (Å²) < 4.78 is 1.88. The first kappa shape index (κ1) is 14.4. The van der Waals surface area contributed by atoms with Crippen LogP contribution in [0.15, 0.2) is 36.7 Å². The lowest BCUT2D eigenvalue weighted by Crippen LogP contribution is -2.11. The van der Waals surface area contributed by atoms with Crippen LogP contribution in [0.1, 0.15) is 22.9 Å². The Morgan fingerprint density at radius 3 is 2.58 bits per heavy atom. The summed E-state index contributed by atoms with van der Waals surface area (Å²) in [4.78, 5) is 19.4. The Kier molecular flexibility index (Phi) is 3.26. The topological polar surface area (TPSA) is 113 Å². The quantitative estimate of drug-likeness (QED) is 0.705. The van der Waals surface area contributed by atoms with Crippen LogP contribution in [0.4, 0.5) is 5.82 Å². The van der Waals surface area contributed by atoms with Crippen molar-refractivity contribution in [1.82, 2.24) is 19.7 Å². The number of nitrogens with two attached hydrogens (primary N) is 2. The molecule has 4 rings (SSSR count). The van der Waals surface area contributed by atoms with E-state index in [0.717, 1.165) is 12.8 Å². The molecule has 24 heavy (non-hydrogen) atoms. The van der Waals surface area contributed by atoms with Gasteiger partial charge < -0.3 is 11.5 Å². The largest absolute Gasteiger partial charge is 0.383 e. The van der Waals surface area contributed by atoms with Gasteiger partial charge in [0.25, 0.3) is 0 Å². The van der Waals surface area contributed by atoms with Crippen molar-refractivity contribution < 1.29 is 4.79 Å². The van der Waals surface area contributed by atoms with Gasteiger partial charge in [0.1, 0.15) is 12.1 Å². The van der Waals surface area contributed by atoms with Gasteiger partial charge in [0.05, 0.1) is 17.1 Å². The van der Waals surface area contributed by atoms with Gasteiger partial charge >= 0.3 is 0 Å². The van der Waals surface area contributed by atoms with E-state index >= 15 is 0 Å². The van der Waals surface area contributed by atoms with Crippen LogP contribution in [-0.4, -0.2) is 25.7 Å². The van der Waals surface area contributed by atoms with Crippen molar-refractivity contribution in [1.29, 1.82) is 0 Å². The van der Waals surface area contributed by atoms with E-state index in [2.05, 4.69) is 27.2 Å². The SMILES string of the molecule is NC(=O)/C=C/c1nn(C2Cc3ccccc3C2)c2ncnc(N)c12. The van der Waals surface area contributed by atoms with E-state index in [9.17, 15) is 4.79 Å². The van der Waals surface area contributed by atoms with E-state index in [1.54, 1.807) is 6.08 Å². The number of carbonyl (C=O) groups is 1. The molecule has 1 aromatic carbocycles. The molecule has 2 aromatic heterocycles. The minimum atomic E-state index is -0.540. The van der Waals surface area contributed by atoms with Gasteiger partial charge in [-0.05, 0) is 30.0 Å². The number of nitrogen functional groups attached to an aromatic ring is 1. The molecule has 0 fully saturated rings. The van der Waals surface area contributed by atoms with Gasteiger partial charge in [0, 0.05) is 6.08 Å². The Morgan fingerprint density at radius 2 is 1.92 bits per heavy atom. The van der Waals surface area contributed by atoms with Gasteiger partial charge in [0.2, 0.25) is 5.91 Å². The van der Waals surface area contributed by atoms with Gasteiger partial charge in [-0.15, -0.1) is 0 Å². The highest BCUT2D eigenvalue weighted by atomic mass is 16.1. The molecule has 3 aromatic rings. The Bertz CT molecular complexity index is 949. The molecule has 0 spiro atoms. The Balaban J connectivity index is 1.82. The van der Waals surface area contributed by atoms with Crippen molar-refractivity contribution in [2.24, 2.45) is 5.73 Å². The number of amides is 1. The van der Waals surface area contributed by atoms with Gasteiger partial charge in [-0.25, -0.2) is 14.6 Å². The summed E-state index contributed by atoms with van der Waals surface area (Å²) in [5, 5.41) is 5.27. The fraction of sp³-hybridized carbons (Fsp3) is 0.176. The standard InChI is InChI=1S/C17H16N6O/c18-14(24)6-5-13-15-16(19)20-9-21-17(15)23(22-13)12-7-10-3-1-2-4-11(10)8-12/h1-6,9,12H,7-8H2,(H2,18,24)(H2,19,20,21)/b6-5+. The molecule has 0 unspecified atom stereocenters. The molecule has 1 aliphatic carbocycles. The fourth-order valence-corrected chi connectivity index (χ4v) is 3.26. The first-order valence-electron chi connectivity index (χ1n) is 7.66. The first-order chi connectivity index (χ1) is 11.6. The van der Waals surface area contributed by atoms with Gasteiger partial charge in [-0.3, -0.25) is 4.79 Å². The molecule has 0 atom stereocenters. The highest BCUT2D eigenvalue weighted by Gasteiger charge is 2.26. The fourth-order valence-electron chi connectivity index (χ4n) is 3.26. The lowest BCUT2D eigenvalue weighted by molar-refractivity contribution is -0.113. The van der Waals surface area contributed by atoms with E-state index in [4.69, 9.17) is 11.5 Å². The predicted molar refractivity (Wildman–Crippen MR) is 90.9 cm³/mol. The number of benzene rings is 1. The van der Waals surface area contributed by atoms with Crippen LogP contribution in [0.25, 0.3) is 17.1 Å². The maximum atomic E-state index is 11.0. The second-order valence-corrected chi connectivity index (χ2v) is 5.85. The highest BCUT2D eigenvalue weighted by Crippen LogP contribution is 2.33. The molecule has 0 radical (unpaired) electrons. The molecular weight excluding hydrogens is 304 g/mol. The number of hydrogen-bond acceptors (Lipinski definition) is 5. The summed E-state index contributed by atoms with van der Waals surface area (Å²) in [7, 11) is 0. The Labute approximate surface area is 138 Å². The number of primary amides is 1. The number of anilines is 1. The molecular formula is C17H16N6O. The third-order valence-corrected chi connectivity index (χ3v) is 4.33.